The fourth-order valence-electron chi connectivity index (χ4n) is 2.23. The lowest BCUT2D eigenvalue weighted by atomic mass is 9.80. The number of hydrogen-bond acceptors (Lipinski definition) is 5. The third kappa shape index (κ3) is 3.92. The van der Waals surface area contributed by atoms with Crippen molar-refractivity contribution in [2.45, 2.75) is 13.0 Å². The van der Waals surface area contributed by atoms with E-state index in [0.29, 0.717) is 16.0 Å². The number of nitrogens with zero attached hydrogens (tertiary/aromatic N) is 1. The molecule has 1 aromatic carbocycles. The Morgan fingerprint density at radius 2 is 1.92 bits per heavy atom. The summed E-state index contributed by atoms with van der Waals surface area (Å²) in [4.78, 5) is 4.06. The van der Waals surface area contributed by atoms with Crippen LogP contribution in [0.15, 0.2) is 24.4 Å². The van der Waals surface area contributed by atoms with Crippen LogP contribution in [0.4, 0.5) is 10.2 Å². The molecule has 0 spiro atoms. The van der Waals surface area contributed by atoms with Crippen molar-refractivity contribution in [1.29, 1.82) is 0 Å². The minimum Gasteiger partial charge on any atom is -0.482 e. The molecule has 2 N–H and O–H groups in total. The van der Waals surface area contributed by atoms with Gasteiger partial charge < -0.3 is 19.8 Å². The second kappa shape index (κ2) is 8.03. The van der Waals surface area contributed by atoms with Gasteiger partial charge in [0.05, 0.1) is 5.02 Å². The summed E-state index contributed by atoms with van der Waals surface area (Å²) < 4.78 is 29.8. The second-order valence-corrected chi connectivity index (χ2v) is 5.76. The maximum Gasteiger partial charge on any atom is 0.495 e. The van der Waals surface area contributed by atoms with Crippen molar-refractivity contribution in [2.75, 3.05) is 20.0 Å². The Kier molecular flexibility index (Phi) is 6.29. The third-order valence-corrected chi connectivity index (χ3v) is 4.11. The fourth-order valence-corrected chi connectivity index (χ4v) is 2.90. The molecule has 128 valence electrons. The van der Waals surface area contributed by atoms with Crippen molar-refractivity contribution in [3.63, 3.8) is 0 Å². The van der Waals surface area contributed by atoms with E-state index in [2.05, 4.69) is 4.98 Å². The molecular formula is C15H16BCl2FN2O3. The zero-order chi connectivity index (χ0) is 17.9. The van der Waals surface area contributed by atoms with Crippen molar-refractivity contribution < 1.29 is 18.4 Å². The number of pyridine rings is 1. The van der Waals surface area contributed by atoms with Crippen molar-refractivity contribution in [3.05, 3.63) is 45.8 Å². The molecule has 0 unspecified atom stereocenters. The number of nitrogens with two attached hydrogens (primary N) is 1. The molecule has 0 saturated heterocycles. The Morgan fingerprint density at radius 1 is 1.25 bits per heavy atom. The Labute approximate surface area is 150 Å². The summed E-state index contributed by atoms with van der Waals surface area (Å²) in [6.45, 7) is 1.68. The van der Waals surface area contributed by atoms with E-state index in [-0.39, 0.29) is 16.6 Å². The maximum absolute atomic E-state index is 13.7. The monoisotopic (exact) mass is 372 g/mol. The van der Waals surface area contributed by atoms with Gasteiger partial charge in [-0.25, -0.2) is 9.37 Å². The van der Waals surface area contributed by atoms with Crippen LogP contribution in [-0.4, -0.2) is 26.3 Å². The SMILES string of the molecule is COB(OC)c1cnc(N)c(O[C@@H](C)c2c(Cl)ccc(F)c2Cl)c1. The first-order chi connectivity index (χ1) is 11.4. The standard InChI is InChI=1S/C15H16BCl2FN2O3/c1-8(13-10(17)4-5-11(19)14(13)18)24-12-6-9(7-21-15(12)20)16(22-2)23-3/h4-8H,1-3H3,(H2,20,21)/t8-/m0/s1. The van der Waals surface area contributed by atoms with Gasteiger partial charge in [-0.3, -0.25) is 0 Å². The molecular weight excluding hydrogens is 357 g/mol. The fraction of sp³-hybridized carbons (Fsp3) is 0.267. The van der Waals surface area contributed by atoms with Gasteiger partial charge in [-0.15, -0.1) is 0 Å². The normalized spacial score (nSPS) is 12.1. The molecule has 2 rings (SSSR count). The molecule has 0 saturated carbocycles. The van der Waals surface area contributed by atoms with Gasteiger partial charge in [0.2, 0.25) is 0 Å². The van der Waals surface area contributed by atoms with Gasteiger partial charge in [-0.2, -0.15) is 0 Å². The largest absolute Gasteiger partial charge is 0.495 e. The third-order valence-electron chi connectivity index (χ3n) is 3.39. The molecule has 24 heavy (non-hydrogen) atoms. The van der Waals surface area contributed by atoms with Crippen LogP contribution in [0, 0.1) is 5.82 Å². The summed E-state index contributed by atoms with van der Waals surface area (Å²) in [5.41, 5.74) is 6.80. The number of aromatic nitrogens is 1. The molecule has 0 aliphatic rings. The number of hydrogen-bond donors (Lipinski definition) is 1. The van der Waals surface area contributed by atoms with Crippen LogP contribution in [0.1, 0.15) is 18.6 Å². The Morgan fingerprint density at radius 3 is 2.54 bits per heavy atom. The summed E-state index contributed by atoms with van der Waals surface area (Å²) in [6, 6.07) is 4.25. The molecule has 0 radical (unpaired) electrons. The Hall–Kier alpha value is -1.54. The molecule has 9 heteroatoms. The first kappa shape index (κ1) is 18.8. The first-order valence-corrected chi connectivity index (χ1v) is 7.75. The lowest BCUT2D eigenvalue weighted by Gasteiger charge is -2.19. The average molecular weight is 373 g/mol. The minimum atomic E-state index is -0.649. The zero-order valence-electron chi connectivity index (χ0n) is 13.3. The second-order valence-electron chi connectivity index (χ2n) is 4.97. The minimum absolute atomic E-state index is 0.0932. The topological polar surface area (TPSA) is 66.6 Å². The quantitative estimate of drug-likeness (QED) is 0.622. The summed E-state index contributed by atoms with van der Waals surface area (Å²) in [5, 5.41) is 0.201. The van der Waals surface area contributed by atoms with Crippen molar-refractivity contribution in [1.82, 2.24) is 4.98 Å². The smallest absolute Gasteiger partial charge is 0.482 e. The number of halogens is 3. The molecule has 1 heterocycles. The molecule has 0 amide bonds. The van der Waals surface area contributed by atoms with Crippen LogP contribution < -0.4 is 15.9 Å². The summed E-state index contributed by atoms with van der Waals surface area (Å²) >= 11 is 12.1. The highest BCUT2D eigenvalue weighted by molar-refractivity contribution is 6.61. The molecule has 0 aliphatic carbocycles. The van der Waals surface area contributed by atoms with E-state index >= 15 is 0 Å². The predicted octanol–water partition coefficient (Wildman–Crippen LogP) is 3.24. The van der Waals surface area contributed by atoms with E-state index in [1.54, 1.807) is 13.0 Å². The van der Waals surface area contributed by atoms with E-state index in [0.717, 1.165) is 0 Å². The Balaban J connectivity index is 2.34. The van der Waals surface area contributed by atoms with Gasteiger partial charge in [0, 0.05) is 36.5 Å². The summed E-state index contributed by atoms with van der Waals surface area (Å²) in [7, 11) is 2.39. The van der Waals surface area contributed by atoms with Crippen LogP contribution in [0.2, 0.25) is 10.0 Å². The van der Waals surface area contributed by atoms with Crippen molar-refractivity contribution >= 4 is 41.6 Å². The van der Waals surface area contributed by atoms with Gasteiger partial charge in [0.25, 0.3) is 0 Å². The van der Waals surface area contributed by atoms with Gasteiger partial charge in [0.15, 0.2) is 11.6 Å². The summed E-state index contributed by atoms with van der Waals surface area (Å²) in [5.74, 6) is -0.124. The molecule has 0 bridgehead atoms. The molecule has 5 nitrogen and oxygen atoms in total. The lowest BCUT2D eigenvalue weighted by molar-refractivity contribution is 0.227. The first-order valence-electron chi connectivity index (χ1n) is 7.00. The van der Waals surface area contributed by atoms with E-state index in [1.807, 2.05) is 0 Å². The highest BCUT2D eigenvalue weighted by atomic mass is 35.5. The number of rotatable bonds is 6. The van der Waals surface area contributed by atoms with Crippen molar-refractivity contribution in [2.24, 2.45) is 0 Å². The zero-order valence-corrected chi connectivity index (χ0v) is 14.9. The van der Waals surface area contributed by atoms with Gasteiger partial charge in [-0.1, -0.05) is 23.2 Å². The maximum atomic E-state index is 13.7. The number of benzene rings is 1. The van der Waals surface area contributed by atoms with E-state index < -0.39 is 19.0 Å². The molecule has 0 fully saturated rings. The molecule has 0 aliphatic heterocycles. The van der Waals surface area contributed by atoms with E-state index in [4.69, 9.17) is 43.0 Å². The van der Waals surface area contributed by atoms with E-state index in [1.165, 1.54) is 32.5 Å². The van der Waals surface area contributed by atoms with Crippen LogP contribution in [0.25, 0.3) is 0 Å². The number of ether oxygens (including phenoxy) is 1. The lowest BCUT2D eigenvalue weighted by Crippen LogP contribution is -2.35. The summed E-state index contributed by atoms with van der Waals surface area (Å²) in [6.07, 6.45) is 0.871. The van der Waals surface area contributed by atoms with Crippen LogP contribution in [0.3, 0.4) is 0 Å². The van der Waals surface area contributed by atoms with Gasteiger partial charge >= 0.3 is 7.12 Å². The molecule has 1 aromatic heterocycles. The van der Waals surface area contributed by atoms with Crippen molar-refractivity contribution in [3.8, 4) is 5.75 Å². The van der Waals surface area contributed by atoms with Crippen LogP contribution in [-0.2, 0) is 9.31 Å². The highest BCUT2D eigenvalue weighted by Gasteiger charge is 2.23. The highest BCUT2D eigenvalue weighted by Crippen LogP contribution is 2.35. The molecule has 1 atom stereocenters. The van der Waals surface area contributed by atoms with Crippen LogP contribution in [0.5, 0.6) is 5.75 Å². The van der Waals surface area contributed by atoms with Gasteiger partial charge in [-0.05, 0) is 25.1 Å². The average Bonchev–Trinajstić information content (AvgIpc) is 2.55. The number of anilines is 1. The molecule has 2 aromatic rings. The van der Waals surface area contributed by atoms with Gasteiger partial charge in [0.1, 0.15) is 11.9 Å². The Bertz CT molecular complexity index is 732. The predicted molar refractivity (Wildman–Crippen MR) is 93.5 cm³/mol. The number of nitrogen functional groups attached to an aromatic ring is 1. The van der Waals surface area contributed by atoms with Crippen LogP contribution >= 0.6 is 23.2 Å². The van der Waals surface area contributed by atoms with E-state index in [9.17, 15) is 4.39 Å².